The Hall–Kier alpha value is -3.35. The number of amides is 2. The maximum Gasteiger partial charge on any atom is 0.321 e. The Kier molecular flexibility index (Phi) is 7.02. The first-order valence-electron chi connectivity index (χ1n) is 12.7. The van der Waals surface area contributed by atoms with Crippen LogP contribution >= 0.6 is 0 Å². The van der Waals surface area contributed by atoms with E-state index in [1.54, 1.807) is 20.5 Å². The topological polar surface area (TPSA) is 76.6 Å². The highest BCUT2D eigenvalue weighted by Crippen LogP contribution is 2.37. The van der Waals surface area contributed by atoms with Crippen LogP contribution in [0.25, 0.3) is 10.9 Å². The van der Waals surface area contributed by atoms with E-state index in [4.69, 9.17) is 9.47 Å². The van der Waals surface area contributed by atoms with Crippen LogP contribution in [0.4, 0.5) is 10.5 Å². The number of nitrogens with one attached hydrogen (secondary N) is 1. The standard InChI is InChI=1S/C28H34N4O3/c1-34-25-16-23-24(17-26(25)35-2)29-18-30-27(23)21-12-14-32(15-13-21)28(33)31-22-10-8-20(9-11-22)19-6-4-3-5-7-19/h8-11,16-19,21H,3-7,12-15H2,1-2H3,(H,31,33). The molecule has 0 atom stereocenters. The molecule has 1 aromatic heterocycles. The van der Waals surface area contributed by atoms with Crippen molar-refractivity contribution in [2.24, 2.45) is 0 Å². The van der Waals surface area contributed by atoms with E-state index in [0.29, 0.717) is 30.5 Å². The number of likely N-dealkylation sites (tertiary alicyclic amines) is 1. The van der Waals surface area contributed by atoms with Crippen molar-refractivity contribution in [3.05, 3.63) is 54.0 Å². The van der Waals surface area contributed by atoms with Gasteiger partial charge in [-0.2, -0.15) is 0 Å². The fourth-order valence-corrected chi connectivity index (χ4v) is 5.56. The molecule has 1 aliphatic heterocycles. The van der Waals surface area contributed by atoms with Gasteiger partial charge in [-0.25, -0.2) is 14.8 Å². The van der Waals surface area contributed by atoms with Crippen molar-refractivity contribution in [3.63, 3.8) is 0 Å². The number of nitrogens with zero attached hydrogens (tertiary/aromatic N) is 3. The molecule has 1 N–H and O–H groups in total. The summed E-state index contributed by atoms with van der Waals surface area (Å²) in [5.74, 6) is 2.26. The Labute approximate surface area is 206 Å². The molecule has 7 nitrogen and oxygen atoms in total. The second kappa shape index (κ2) is 10.5. The number of aromatic nitrogens is 2. The fraction of sp³-hybridized carbons (Fsp3) is 0.464. The van der Waals surface area contributed by atoms with Crippen LogP contribution in [-0.2, 0) is 0 Å². The number of piperidine rings is 1. The number of ether oxygens (including phenoxy) is 2. The number of carbonyl (C=O) groups is 1. The first-order chi connectivity index (χ1) is 17.2. The summed E-state index contributed by atoms with van der Waals surface area (Å²) in [4.78, 5) is 23.9. The van der Waals surface area contributed by atoms with Crippen molar-refractivity contribution in [2.75, 3.05) is 32.6 Å². The van der Waals surface area contributed by atoms with Crippen molar-refractivity contribution in [3.8, 4) is 11.5 Å². The zero-order valence-corrected chi connectivity index (χ0v) is 20.6. The van der Waals surface area contributed by atoms with Crippen molar-refractivity contribution in [1.82, 2.24) is 14.9 Å². The van der Waals surface area contributed by atoms with Gasteiger partial charge in [-0.05, 0) is 55.4 Å². The van der Waals surface area contributed by atoms with E-state index >= 15 is 0 Å². The van der Waals surface area contributed by atoms with Gasteiger partial charge in [-0.3, -0.25) is 0 Å². The van der Waals surface area contributed by atoms with Crippen LogP contribution in [0, 0.1) is 0 Å². The Morgan fingerprint density at radius 3 is 2.26 bits per heavy atom. The third kappa shape index (κ3) is 5.04. The van der Waals surface area contributed by atoms with Gasteiger partial charge < -0.3 is 19.7 Å². The molecule has 2 aliphatic rings. The Balaban J connectivity index is 1.22. The van der Waals surface area contributed by atoms with Gasteiger partial charge in [0.05, 0.1) is 25.4 Å². The first-order valence-corrected chi connectivity index (χ1v) is 12.7. The Bertz CT molecular complexity index is 1170. The molecule has 3 aromatic rings. The molecule has 0 bridgehead atoms. The predicted molar refractivity (Wildman–Crippen MR) is 137 cm³/mol. The summed E-state index contributed by atoms with van der Waals surface area (Å²) in [6.07, 6.45) is 9.89. The van der Waals surface area contributed by atoms with Gasteiger partial charge in [-0.1, -0.05) is 31.4 Å². The van der Waals surface area contributed by atoms with Gasteiger partial charge in [0, 0.05) is 36.1 Å². The lowest BCUT2D eigenvalue weighted by atomic mass is 9.84. The minimum atomic E-state index is -0.0344. The molecule has 5 rings (SSSR count). The van der Waals surface area contributed by atoms with Gasteiger partial charge in [0.2, 0.25) is 0 Å². The molecular formula is C28H34N4O3. The van der Waals surface area contributed by atoms with E-state index in [0.717, 1.165) is 35.1 Å². The molecule has 0 radical (unpaired) electrons. The maximum absolute atomic E-state index is 12.9. The molecule has 184 valence electrons. The SMILES string of the molecule is COc1cc2ncnc(C3CCN(C(=O)Nc4ccc(C5CCCCC5)cc4)CC3)c2cc1OC. The summed E-state index contributed by atoms with van der Waals surface area (Å²) in [6.45, 7) is 1.38. The third-order valence-corrected chi connectivity index (χ3v) is 7.58. The third-order valence-electron chi connectivity index (χ3n) is 7.58. The van der Waals surface area contributed by atoms with E-state index in [1.165, 1.54) is 37.7 Å². The van der Waals surface area contributed by atoms with Gasteiger partial charge in [0.15, 0.2) is 11.5 Å². The van der Waals surface area contributed by atoms with Crippen molar-refractivity contribution in [2.45, 2.75) is 56.8 Å². The highest BCUT2D eigenvalue weighted by Gasteiger charge is 2.27. The summed E-state index contributed by atoms with van der Waals surface area (Å²) in [6, 6.07) is 12.3. The second-order valence-corrected chi connectivity index (χ2v) is 9.63. The smallest absolute Gasteiger partial charge is 0.321 e. The fourth-order valence-electron chi connectivity index (χ4n) is 5.56. The quantitative estimate of drug-likeness (QED) is 0.483. The van der Waals surface area contributed by atoms with E-state index in [2.05, 4.69) is 27.4 Å². The number of hydrogen-bond acceptors (Lipinski definition) is 5. The van der Waals surface area contributed by atoms with Gasteiger partial charge in [0.25, 0.3) is 0 Å². The average molecular weight is 475 g/mol. The second-order valence-electron chi connectivity index (χ2n) is 9.63. The number of hydrogen-bond donors (Lipinski definition) is 1. The van der Waals surface area contributed by atoms with Crippen LogP contribution in [0.3, 0.4) is 0 Å². The summed E-state index contributed by atoms with van der Waals surface area (Å²) >= 11 is 0. The van der Waals surface area contributed by atoms with Crippen molar-refractivity contribution >= 4 is 22.6 Å². The van der Waals surface area contributed by atoms with Gasteiger partial charge in [-0.15, -0.1) is 0 Å². The van der Waals surface area contributed by atoms with Crippen LogP contribution in [0.1, 0.15) is 68.0 Å². The molecule has 0 spiro atoms. The lowest BCUT2D eigenvalue weighted by molar-refractivity contribution is 0.194. The predicted octanol–water partition coefficient (Wildman–Crippen LogP) is 6.11. The molecule has 35 heavy (non-hydrogen) atoms. The number of carbonyl (C=O) groups excluding carboxylic acids is 1. The highest BCUT2D eigenvalue weighted by atomic mass is 16.5. The summed E-state index contributed by atoms with van der Waals surface area (Å²) in [5, 5.41) is 4.06. The number of benzene rings is 2. The average Bonchev–Trinajstić information content (AvgIpc) is 2.93. The summed E-state index contributed by atoms with van der Waals surface area (Å²) in [7, 11) is 3.26. The van der Waals surface area contributed by atoms with E-state index in [9.17, 15) is 4.79 Å². The van der Waals surface area contributed by atoms with Crippen LogP contribution in [-0.4, -0.2) is 48.2 Å². The van der Waals surface area contributed by atoms with Gasteiger partial charge in [0.1, 0.15) is 6.33 Å². The van der Waals surface area contributed by atoms with Crippen molar-refractivity contribution < 1.29 is 14.3 Å². The number of fused-ring (bicyclic) bond motifs is 1. The zero-order chi connectivity index (χ0) is 24.2. The molecular weight excluding hydrogens is 440 g/mol. The number of anilines is 1. The van der Waals surface area contributed by atoms with Crippen LogP contribution in [0.15, 0.2) is 42.7 Å². The highest BCUT2D eigenvalue weighted by molar-refractivity contribution is 5.89. The van der Waals surface area contributed by atoms with E-state index in [-0.39, 0.29) is 11.9 Å². The lowest BCUT2D eigenvalue weighted by Crippen LogP contribution is -2.40. The molecule has 1 saturated carbocycles. The molecule has 2 heterocycles. The normalized spacial score (nSPS) is 17.4. The zero-order valence-electron chi connectivity index (χ0n) is 20.6. The molecule has 2 amide bonds. The summed E-state index contributed by atoms with van der Waals surface area (Å²) in [5.41, 5.74) is 4.10. The Morgan fingerprint density at radius 1 is 0.886 bits per heavy atom. The molecule has 0 unspecified atom stereocenters. The minimum Gasteiger partial charge on any atom is -0.493 e. The van der Waals surface area contributed by atoms with Gasteiger partial charge >= 0.3 is 6.03 Å². The molecule has 2 fully saturated rings. The number of methoxy groups -OCH3 is 2. The summed E-state index contributed by atoms with van der Waals surface area (Å²) < 4.78 is 10.9. The lowest BCUT2D eigenvalue weighted by Gasteiger charge is -2.32. The maximum atomic E-state index is 12.9. The van der Waals surface area contributed by atoms with Crippen LogP contribution in [0.5, 0.6) is 11.5 Å². The monoisotopic (exact) mass is 474 g/mol. The van der Waals surface area contributed by atoms with Crippen molar-refractivity contribution in [1.29, 1.82) is 0 Å². The molecule has 7 heteroatoms. The van der Waals surface area contributed by atoms with E-state index < -0.39 is 0 Å². The van der Waals surface area contributed by atoms with Crippen LogP contribution in [0.2, 0.25) is 0 Å². The largest absolute Gasteiger partial charge is 0.493 e. The first kappa shape index (κ1) is 23.4. The minimum absolute atomic E-state index is 0.0344. The number of rotatable bonds is 5. The molecule has 1 saturated heterocycles. The Morgan fingerprint density at radius 2 is 1.57 bits per heavy atom. The molecule has 2 aromatic carbocycles. The van der Waals surface area contributed by atoms with Crippen LogP contribution < -0.4 is 14.8 Å². The van der Waals surface area contributed by atoms with E-state index in [1.807, 2.05) is 29.2 Å². The number of urea groups is 1. The molecule has 1 aliphatic carbocycles.